The minimum atomic E-state index is -3.03. The molecule has 1 rings (SSSR count). The first-order chi connectivity index (χ1) is 9.26. The number of benzene rings is 1. The van der Waals surface area contributed by atoms with Gasteiger partial charge in [0.15, 0.2) is 9.84 Å². The van der Waals surface area contributed by atoms with E-state index in [1.165, 1.54) is 5.56 Å². The van der Waals surface area contributed by atoms with Gasteiger partial charge in [-0.2, -0.15) is 0 Å². The number of hydrogen-bond donors (Lipinski definition) is 1. The van der Waals surface area contributed by atoms with Crippen molar-refractivity contribution in [2.75, 3.05) is 18.1 Å². The first-order valence-corrected chi connectivity index (χ1v) is 9.55. The summed E-state index contributed by atoms with van der Waals surface area (Å²) in [5, 5.41) is 3.29. The fourth-order valence-electron chi connectivity index (χ4n) is 1.59. The lowest BCUT2D eigenvalue weighted by Crippen LogP contribution is -2.31. The summed E-state index contributed by atoms with van der Waals surface area (Å²) in [7, 11) is -3.03. The Kier molecular flexibility index (Phi) is 6.55. The van der Waals surface area contributed by atoms with Crippen molar-refractivity contribution in [1.82, 2.24) is 5.32 Å². The van der Waals surface area contributed by atoms with Gasteiger partial charge in [-0.15, -0.1) is 11.8 Å². The molecule has 0 unspecified atom stereocenters. The Labute approximate surface area is 127 Å². The van der Waals surface area contributed by atoms with Gasteiger partial charge in [-0.3, -0.25) is 0 Å². The number of nitrogens with one attached hydrogen (secondary N) is 1. The molecule has 0 amide bonds. The van der Waals surface area contributed by atoms with Crippen molar-refractivity contribution >= 4 is 21.6 Å². The summed E-state index contributed by atoms with van der Waals surface area (Å²) in [4.78, 5) is 1.13. The van der Waals surface area contributed by atoms with Crippen LogP contribution in [-0.2, 0) is 16.4 Å². The van der Waals surface area contributed by atoms with Gasteiger partial charge >= 0.3 is 0 Å². The smallest absolute Gasteiger partial charge is 0.156 e. The Hall–Kier alpha value is -0.520. The maximum Gasteiger partial charge on any atom is 0.156 e. The second-order valence-corrected chi connectivity index (χ2v) is 9.74. The van der Waals surface area contributed by atoms with Crippen molar-refractivity contribution in [3.63, 3.8) is 0 Å². The number of rotatable bonds is 7. The molecule has 0 aromatic heterocycles. The van der Waals surface area contributed by atoms with Gasteiger partial charge in [-0.1, -0.05) is 19.1 Å². The fraction of sp³-hybridized carbons (Fsp3) is 0.600. The lowest BCUT2D eigenvalue weighted by Gasteiger charge is -2.18. The molecule has 0 spiro atoms. The molecule has 20 heavy (non-hydrogen) atoms. The van der Waals surface area contributed by atoms with Crippen LogP contribution in [0.25, 0.3) is 0 Å². The first kappa shape index (κ1) is 17.5. The third kappa shape index (κ3) is 5.46. The van der Waals surface area contributed by atoms with Crippen LogP contribution in [0.15, 0.2) is 29.2 Å². The van der Waals surface area contributed by atoms with Gasteiger partial charge in [-0.25, -0.2) is 8.42 Å². The summed E-state index contributed by atoms with van der Waals surface area (Å²) < 4.78 is 23.4. The summed E-state index contributed by atoms with van der Waals surface area (Å²) in [5.41, 5.74) is 1.23. The summed E-state index contributed by atoms with van der Waals surface area (Å²) in [6, 6.07) is 8.26. The minimum absolute atomic E-state index is 0.221. The van der Waals surface area contributed by atoms with Gasteiger partial charge in [0.05, 0.1) is 10.5 Å². The van der Waals surface area contributed by atoms with Gasteiger partial charge < -0.3 is 5.32 Å². The third-order valence-electron chi connectivity index (χ3n) is 3.03. The number of hydrogen-bond acceptors (Lipinski definition) is 4. The zero-order valence-corrected chi connectivity index (χ0v) is 14.4. The highest BCUT2D eigenvalue weighted by atomic mass is 32.2. The molecule has 0 saturated carbocycles. The zero-order chi connectivity index (χ0) is 15.2. The molecule has 0 saturated heterocycles. The van der Waals surface area contributed by atoms with Crippen molar-refractivity contribution in [3.05, 3.63) is 29.8 Å². The molecule has 1 aromatic carbocycles. The molecule has 0 aliphatic rings. The largest absolute Gasteiger partial charge is 0.313 e. The zero-order valence-electron chi connectivity index (χ0n) is 12.8. The normalized spacial score (nSPS) is 12.6. The van der Waals surface area contributed by atoms with Gasteiger partial charge in [0.1, 0.15) is 0 Å². The Bertz CT molecular complexity index is 519. The highest BCUT2D eigenvalue weighted by molar-refractivity contribution is 8.01. The highest BCUT2D eigenvalue weighted by Gasteiger charge is 2.28. The van der Waals surface area contributed by atoms with E-state index < -0.39 is 14.6 Å². The summed E-state index contributed by atoms with van der Waals surface area (Å²) in [6.45, 7) is 9.14. The van der Waals surface area contributed by atoms with E-state index in [0.29, 0.717) is 5.75 Å². The van der Waals surface area contributed by atoms with Crippen molar-refractivity contribution in [1.29, 1.82) is 0 Å². The predicted molar refractivity (Wildman–Crippen MR) is 88.1 cm³/mol. The summed E-state index contributed by atoms with van der Waals surface area (Å²) in [5.74, 6) is 0.822. The molecule has 0 radical (unpaired) electrons. The average molecular weight is 316 g/mol. The van der Waals surface area contributed by atoms with Gasteiger partial charge in [0.25, 0.3) is 0 Å². The lowest BCUT2D eigenvalue weighted by atomic mass is 10.2. The van der Waals surface area contributed by atoms with Gasteiger partial charge in [-0.05, 0) is 45.0 Å². The van der Waals surface area contributed by atoms with Crippen LogP contribution in [-0.4, -0.2) is 31.2 Å². The van der Waals surface area contributed by atoms with Gasteiger partial charge in [0.2, 0.25) is 0 Å². The molecular formula is C15H25NO2S2. The average Bonchev–Trinajstić information content (AvgIpc) is 2.35. The van der Waals surface area contributed by atoms with E-state index >= 15 is 0 Å². The maximum atomic E-state index is 12.0. The van der Waals surface area contributed by atoms with E-state index in [2.05, 4.69) is 24.4 Å². The Morgan fingerprint density at radius 1 is 1.25 bits per heavy atom. The van der Waals surface area contributed by atoms with Crippen LogP contribution in [0.3, 0.4) is 0 Å². The third-order valence-corrected chi connectivity index (χ3v) is 6.89. The van der Waals surface area contributed by atoms with E-state index in [1.807, 2.05) is 12.1 Å². The highest BCUT2D eigenvalue weighted by Crippen LogP contribution is 2.22. The predicted octanol–water partition coefficient (Wildman–Crippen LogP) is 3.10. The quantitative estimate of drug-likeness (QED) is 0.785. The van der Waals surface area contributed by atoms with E-state index in [9.17, 15) is 8.42 Å². The molecule has 3 nitrogen and oxygen atoms in total. The molecule has 5 heteroatoms. The molecule has 0 atom stereocenters. The standard InChI is InChI=1S/C15H25NO2S2/c1-5-16-12-13-7-6-8-14(11-13)19-9-10-20(17,18)15(2,3)4/h6-8,11,16H,5,9-10,12H2,1-4H3. The van der Waals surface area contributed by atoms with Crippen molar-refractivity contribution in [2.45, 2.75) is 43.9 Å². The molecule has 0 fully saturated rings. The van der Waals surface area contributed by atoms with Crippen LogP contribution in [0, 0.1) is 0 Å². The Balaban J connectivity index is 2.54. The number of sulfone groups is 1. The van der Waals surface area contributed by atoms with Gasteiger partial charge in [0, 0.05) is 17.2 Å². The molecule has 114 valence electrons. The van der Waals surface area contributed by atoms with E-state index in [0.717, 1.165) is 18.0 Å². The second-order valence-electron chi connectivity index (χ2n) is 5.71. The SMILES string of the molecule is CCNCc1cccc(SCCS(=O)(=O)C(C)(C)C)c1. The molecule has 0 aliphatic carbocycles. The molecule has 0 heterocycles. The van der Waals surface area contributed by atoms with Crippen molar-refractivity contribution in [2.24, 2.45) is 0 Å². The summed E-state index contributed by atoms with van der Waals surface area (Å²) >= 11 is 1.60. The van der Waals surface area contributed by atoms with Crippen LogP contribution >= 0.6 is 11.8 Å². The van der Waals surface area contributed by atoms with E-state index in [1.54, 1.807) is 32.5 Å². The molecule has 0 aliphatic heterocycles. The van der Waals surface area contributed by atoms with Crippen LogP contribution in [0.4, 0.5) is 0 Å². The maximum absolute atomic E-state index is 12.0. The van der Waals surface area contributed by atoms with Crippen LogP contribution in [0.5, 0.6) is 0 Å². The van der Waals surface area contributed by atoms with Crippen LogP contribution < -0.4 is 5.32 Å². The fourth-order valence-corrected chi connectivity index (χ4v) is 4.06. The van der Waals surface area contributed by atoms with Crippen molar-refractivity contribution < 1.29 is 8.42 Å². The van der Waals surface area contributed by atoms with Crippen LogP contribution in [0.1, 0.15) is 33.3 Å². The molecule has 1 N–H and O–H groups in total. The lowest BCUT2D eigenvalue weighted by molar-refractivity contribution is 0.562. The molecule has 1 aromatic rings. The molecule has 0 bridgehead atoms. The Morgan fingerprint density at radius 3 is 2.55 bits per heavy atom. The second kappa shape index (κ2) is 7.48. The van der Waals surface area contributed by atoms with E-state index in [4.69, 9.17) is 0 Å². The molecular weight excluding hydrogens is 290 g/mol. The van der Waals surface area contributed by atoms with Crippen LogP contribution in [0.2, 0.25) is 0 Å². The number of thioether (sulfide) groups is 1. The minimum Gasteiger partial charge on any atom is -0.313 e. The Morgan fingerprint density at radius 2 is 1.95 bits per heavy atom. The van der Waals surface area contributed by atoms with E-state index in [-0.39, 0.29) is 5.75 Å². The van der Waals surface area contributed by atoms with Crippen molar-refractivity contribution in [3.8, 4) is 0 Å². The summed E-state index contributed by atoms with van der Waals surface area (Å²) in [6.07, 6.45) is 0. The monoisotopic (exact) mass is 315 g/mol. The topological polar surface area (TPSA) is 46.2 Å². The first-order valence-electron chi connectivity index (χ1n) is 6.91.